The van der Waals surface area contributed by atoms with E-state index in [4.69, 9.17) is 5.73 Å². The molecule has 0 saturated carbocycles. The van der Waals surface area contributed by atoms with E-state index in [1.54, 1.807) is 31.5 Å². The number of nitrogens with two attached hydrogens (primary N) is 1. The van der Waals surface area contributed by atoms with E-state index >= 15 is 0 Å². The molecule has 0 aromatic carbocycles. The minimum atomic E-state index is -0.965. The number of carboxylic acid groups (broad SMARTS) is 1. The number of nitrogens with zero attached hydrogens (tertiary/aromatic N) is 1. The van der Waals surface area contributed by atoms with Gasteiger partial charge in [0.05, 0.1) is 0 Å². The van der Waals surface area contributed by atoms with Crippen LogP contribution in [0.3, 0.4) is 0 Å². The molecule has 0 aliphatic carbocycles. The summed E-state index contributed by atoms with van der Waals surface area (Å²) in [6.45, 7) is 2.14. The SMILES string of the molecule is CC(SCCN)(C(=O)O)c1cccnc1. The van der Waals surface area contributed by atoms with Crippen LogP contribution in [0.4, 0.5) is 0 Å². The summed E-state index contributed by atoms with van der Waals surface area (Å²) >= 11 is 1.32. The quantitative estimate of drug-likeness (QED) is 0.785. The van der Waals surface area contributed by atoms with Gasteiger partial charge in [-0.05, 0) is 18.6 Å². The zero-order valence-corrected chi connectivity index (χ0v) is 9.33. The van der Waals surface area contributed by atoms with Crippen LogP contribution in [-0.4, -0.2) is 28.4 Å². The molecule has 0 spiro atoms. The van der Waals surface area contributed by atoms with Gasteiger partial charge in [0.15, 0.2) is 0 Å². The zero-order chi connectivity index (χ0) is 11.3. The molecule has 1 aromatic rings. The van der Waals surface area contributed by atoms with Crippen LogP contribution in [0.25, 0.3) is 0 Å². The Morgan fingerprint density at radius 2 is 2.47 bits per heavy atom. The van der Waals surface area contributed by atoms with E-state index < -0.39 is 10.7 Å². The lowest BCUT2D eigenvalue weighted by Gasteiger charge is -2.23. The number of pyridine rings is 1. The number of rotatable bonds is 5. The van der Waals surface area contributed by atoms with E-state index in [-0.39, 0.29) is 0 Å². The van der Waals surface area contributed by atoms with Crippen molar-refractivity contribution in [3.05, 3.63) is 30.1 Å². The van der Waals surface area contributed by atoms with Gasteiger partial charge in [-0.2, -0.15) is 0 Å². The Labute approximate surface area is 92.9 Å². The summed E-state index contributed by atoms with van der Waals surface area (Å²) in [5.41, 5.74) is 6.08. The van der Waals surface area contributed by atoms with Crippen molar-refractivity contribution in [2.75, 3.05) is 12.3 Å². The predicted octanol–water partition coefficient (Wildman–Crippen LogP) is 1.07. The van der Waals surface area contributed by atoms with Crippen molar-refractivity contribution in [3.8, 4) is 0 Å². The molecule has 0 radical (unpaired) electrons. The molecule has 1 heterocycles. The van der Waals surface area contributed by atoms with Crippen molar-refractivity contribution >= 4 is 17.7 Å². The first kappa shape index (κ1) is 12.0. The molecule has 82 valence electrons. The smallest absolute Gasteiger partial charge is 0.324 e. The number of carbonyl (C=O) groups is 1. The highest BCUT2D eigenvalue weighted by Crippen LogP contribution is 2.35. The standard InChI is InChI=1S/C10H14N2O2S/c1-10(9(13)14,15-6-4-11)8-3-2-5-12-7-8/h2-3,5,7H,4,6,11H2,1H3,(H,13,14). The molecule has 0 saturated heterocycles. The van der Waals surface area contributed by atoms with Crippen molar-refractivity contribution in [2.45, 2.75) is 11.7 Å². The molecule has 1 rings (SSSR count). The Hall–Kier alpha value is -1.07. The van der Waals surface area contributed by atoms with Gasteiger partial charge in [0.1, 0.15) is 4.75 Å². The van der Waals surface area contributed by atoms with Gasteiger partial charge in [0.25, 0.3) is 0 Å². The maximum Gasteiger partial charge on any atom is 0.324 e. The highest BCUT2D eigenvalue weighted by atomic mass is 32.2. The van der Waals surface area contributed by atoms with Crippen molar-refractivity contribution in [1.29, 1.82) is 0 Å². The maximum absolute atomic E-state index is 11.2. The number of aromatic nitrogens is 1. The summed E-state index contributed by atoms with van der Waals surface area (Å²) in [7, 11) is 0. The van der Waals surface area contributed by atoms with Gasteiger partial charge in [-0.3, -0.25) is 9.78 Å². The number of carboxylic acids is 1. The number of hydrogen-bond donors (Lipinski definition) is 2. The molecule has 0 bridgehead atoms. The lowest BCUT2D eigenvalue weighted by Crippen LogP contribution is -2.30. The molecule has 1 unspecified atom stereocenters. The van der Waals surface area contributed by atoms with E-state index in [2.05, 4.69) is 4.98 Å². The van der Waals surface area contributed by atoms with E-state index in [9.17, 15) is 9.90 Å². The molecule has 0 amide bonds. The molecule has 15 heavy (non-hydrogen) atoms. The molecule has 0 aliphatic rings. The van der Waals surface area contributed by atoms with Gasteiger partial charge >= 0.3 is 5.97 Å². The van der Waals surface area contributed by atoms with Crippen LogP contribution in [0, 0.1) is 0 Å². The second-order valence-corrected chi connectivity index (χ2v) is 4.73. The average molecular weight is 226 g/mol. The fourth-order valence-electron chi connectivity index (χ4n) is 1.18. The van der Waals surface area contributed by atoms with Crippen molar-refractivity contribution < 1.29 is 9.90 Å². The van der Waals surface area contributed by atoms with Crippen LogP contribution < -0.4 is 5.73 Å². The second kappa shape index (κ2) is 5.14. The molecule has 1 aromatic heterocycles. The average Bonchev–Trinajstić information content (AvgIpc) is 2.27. The minimum absolute atomic E-state index is 0.466. The van der Waals surface area contributed by atoms with Crippen molar-refractivity contribution in [1.82, 2.24) is 4.98 Å². The summed E-state index contributed by atoms with van der Waals surface area (Å²) in [4.78, 5) is 15.2. The summed E-state index contributed by atoms with van der Waals surface area (Å²) in [5.74, 6) is -0.258. The molecule has 3 N–H and O–H groups in total. The van der Waals surface area contributed by atoms with Crippen LogP contribution in [0.15, 0.2) is 24.5 Å². The normalized spacial score (nSPS) is 14.5. The molecule has 4 nitrogen and oxygen atoms in total. The van der Waals surface area contributed by atoms with Crippen LogP contribution >= 0.6 is 11.8 Å². The Balaban J connectivity index is 2.96. The predicted molar refractivity (Wildman–Crippen MR) is 60.7 cm³/mol. The number of hydrogen-bond acceptors (Lipinski definition) is 4. The van der Waals surface area contributed by atoms with E-state index in [0.29, 0.717) is 17.9 Å². The van der Waals surface area contributed by atoms with Gasteiger partial charge in [-0.25, -0.2) is 0 Å². The van der Waals surface area contributed by atoms with E-state index in [0.717, 1.165) is 0 Å². The first-order valence-electron chi connectivity index (χ1n) is 4.59. The van der Waals surface area contributed by atoms with Crippen molar-refractivity contribution in [2.24, 2.45) is 5.73 Å². The summed E-state index contributed by atoms with van der Waals surface area (Å²) in [6, 6.07) is 3.50. The largest absolute Gasteiger partial charge is 0.480 e. The summed E-state index contributed by atoms with van der Waals surface area (Å²) in [6.07, 6.45) is 3.21. The molecular weight excluding hydrogens is 212 g/mol. The Kier molecular flexibility index (Phi) is 4.11. The molecular formula is C10H14N2O2S. The van der Waals surface area contributed by atoms with Gasteiger partial charge < -0.3 is 10.8 Å². The third-order valence-corrected chi connectivity index (χ3v) is 3.56. The van der Waals surface area contributed by atoms with Gasteiger partial charge in [0, 0.05) is 24.7 Å². The second-order valence-electron chi connectivity index (χ2n) is 3.22. The Bertz CT molecular complexity index is 331. The van der Waals surface area contributed by atoms with Crippen LogP contribution in [0.2, 0.25) is 0 Å². The fourth-order valence-corrected chi connectivity index (χ4v) is 2.11. The van der Waals surface area contributed by atoms with E-state index in [1.165, 1.54) is 11.8 Å². The summed E-state index contributed by atoms with van der Waals surface area (Å²) < 4.78 is -0.965. The zero-order valence-electron chi connectivity index (χ0n) is 8.51. The lowest BCUT2D eigenvalue weighted by atomic mass is 10.0. The topological polar surface area (TPSA) is 76.2 Å². The highest BCUT2D eigenvalue weighted by Gasteiger charge is 2.35. The molecule has 1 atom stereocenters. The summed E-state index contributed by atoms with van der Waals surface area (Å²) in [5, 5.41) is 9.22. The lowest BCUT2D eigenvalue weighted by molar-refractivity contribution is -0.139. The molecule has 0 fully saturated rings. The van der Waals surface area contributed by atoms with Crippen molar-refractivity contribution in [3.63, 3.8) is 0 Å². The first-order chi connectivity index (χ1) is 7.11. The van der Waals surface area contributed by atoms with Gasteiger partial charge in [-0.15, -0.1) is 11.8 Å². The maximum atomic E-state index is 11.2. The number of aliphatic carboxylic acids is 1. The molecule has 5 heteroatoms. The Morgan fingerprint density at radius 3 is 2.93 bits per heavy atom. The molecule has 0 aliphatic heterocycles. The Morgan fingerprint density at radius 1 is 1.73 bits per heavy atom. The van der Waals surface area contributed by atoms with Gasteiger partial charge in [0.2, 0.25) is 0 Å². The minimum Gasteiger partial charge on any atom is -0.480 e. The number of thioether (sulfide) groups is 1. The fraction of sp³-hybridized carbons (Fsp3) is 0.400. The third-order valence-electron chi connectivity index (χ3n) is 2.13. The van der Waals surface area contributed by atoms with Crippen LogP contribution in [0.1, 0.15) is 12.5 Å². The van der Waals surface area contributed by atoms with Gasteiger partial charge in [-0.1, -0.05) is 6.07 Å². The highest BCUT2D eigenvalue weighted by molar-refractivity contribution is 8.00. The van der Waals surface area contributed by atoms with Crippen LogP contribution in [-0.2, 0) is 9.54 Å². The van der Waals surface area contributed by atoms with Crippen LogP contribution in [0.5, 0.6) is 0 Å². The first-order valence-corrected chi connectivity index (χ1v) is 5.57. The third kappa shape index (κ3) is 2.70. The monoisotopic (exact) mass is 226 g/mol. The van der Waals surface area contributed by atoms with E-state index in [1.807, 2.05) is 0 Å².